The van der Waals surface area contributed by atoms with Crippen LogP contribution in [0.1, 0.15) is 12.0 Å². The number of sulfonamides is 1. The molecule has 1 aliphatic heterocycles. The molecular weight excluding hydrogens is 530 g/mol. The van der Waals surface area contributed by atoms with Gasteiger partial charge in [0.25, 0.3) is 0 Å². The first kappa shape index (κ1) is 21.3. The molecule has 5 nitrogen and oxygen atoms in total. The molecule has 1 atom stereocenters. The van der Waals surface area contributed by atoms with Crippen LogP contribution in [0.4, 0.5) is 0 Å². The van der Waals surface area contributed by atoms with Crippen LogP contribution in [-0.2, 0) is 16.6 Å². The van der Waals surface area contributed by atoms with Gasteiger partial charge < -0.3 is 4.90 Å². The van der Waals surface area contributed by atoms with Gasteiger partial charge in [0.15, 0.2) is 6.19 Å². The number of nitrogens with zero attached hydrogens (tertiary/aromatic N) is 3. The number of hydrogen-bond donors (Lipinski definition) is 0. The number of benzene rings is 3. The molecule has 154 valence electrons. The molecule has 0 amide bonds. The Hall–Kier alpha value is -1.92. The lowest BCUT2D eigenvalue weighted by Crippen LogP contribution is -2.41. The molecule has 4 rings (SSSR count). The number of hydrogen-bond acceptors (Lipinski definition) is 4. The first-order chi connectivity index (χ1) is 14.4. The number of nitriles is 1. The van der Waals surface area contributed by atoms with E-state index in [0.29, 0.717) is 28.5 Å². The summed E-state index contributed by atoms with van der Waals surface area (Å²) in [7, 11) is -3.80. The second kappa shape index (κ2) is 8.67. The Kier molecular flexibility index (Phi) is 6.16. The molecule has 0 saturated carbocycles. The third-order valence-corrected chi connectivity index (χ3v) is 8.73. The number of likely N-dealkylation sites (tertiary alicyclic amines) is 1. The van der Waals surface area contributed by atoms with Crippen LogP contribution in [0.25, 0.3) is 10.8 Å². The third-order valence-electron chi connectivity index (χ3n) is 5.34. The van der Waals surface area contributed by atoms with Crippen molar-refractivity contribution in [3.05, 3.63) is 75.2 Å². The van der Waals surface area contributed by atoms with E-state index in [1.807, 2.05) is 42.5 Å². The van der Waals surface area contributed by atoms with E-state index >= 15 is 0 Å². The fourth-order valence-electron chi connectivity index (χ4n) is 3.80. The first-order valence-electron chi connectivity index (χ1n) is 9.48. The smallest absolute Gasteiger partial charge is 0.244 e. The minimum atomic E-state index is -3.80. The largest absolute Gasteiger partial charge is 0.309 e. The molecule has 8 heteroatoms. The molecule has 3 aromatic rings. The SMILES string of the molecule is N#CN1CCC(N(Cc2ccc3ccccc3c2)S(=O)(=O)c2cc(Br)ccc2Br)C1. The maximum atomic E-state index is 13.7. The van der Waals surface area contributed by atoms with Crippen molar-refractivity contribution in [2.75, 3.05) is 13.1 Å². The Morgan fingerprint density at radius 1 is 1.07 bits per heavy atom. The minimum absolute atomic E-state index is 0.216. The van der Waals surface area contributed by atoms with Crippen LogP contribution in [0.5, 0.6) is 0 Å². The van der Waals surface area contributed by atoms with Gasteiger partial charge in [-0.15, -0.1) is 0 Å². The highest BCUT2D eigenvalue weighted by molar-refractivity contribution is 9.11. The van der Waals surface area contributed by atoms with Crippen LogP contribution in [0.3, 0.4) is 0 Å². The van der Waals surface area contributed by atoms with Crippen molar-refractivity contribution in [1.29, 1.82) is 5.26 Å². The van der Waals surface area contributed by atoms with Gasteiger partial charge in [-0.2, -0.15) is 9.57 Å². The predicted molar refractivity (Wildman–Crippen MR) is 124 cm³/mol. The summed E-state index contributed by atoms with van der Waals surface area (Å²) in [4.78, 5) is 1.83. The molecule has 0 bridgehead atoms. The van der Waals surface area contributed by atoms with Crippen LogP contribution >= 0.6 is 31.9 Å². The van der Waals surface area contributed by atoms with Crippen molar-refractivity contribution >= 4 is 52.7 Å². The van der Waals surface area contributed by atoms with E-state index < -0.39 is 10.0 Å². The number of fused-ring (bicyclic) bond motifs is 1. The van der Waals surface area contributed by atoms with E-state index in [2.05, 4.69) is 38.1 Å². The third kappa shape index (κ3) is 4.26. The second-order valence-corrected chi connectivity index (χ2v) is 10.9. The molecule has 0 spiro atoms. The molecule has 0 radical (unpaired) electrons. The lowest BCUT2D eigenvalue weighted by atomic mass is 10.1. The summed E-state index contributed by atoms with van der Waals surface area (Å²) in [6.07, 6.45) is 2.76. The summed E-state index contributed by atoms with van der Waals surface area (Å²) < 4.78 is 30.2. The standard InChI is InChI=1S/C22H19Br2N3O2S/c23-19-7-8-21(24)22(12-19)30(28,29)27(20-9-10-26(14-20)15-25)13-16-5-6-17-3-1-2-4-18(17)11-16/h1-8,11-12,20H,9-10,13-14H2. The van der Waals surface area contributed by atoms with Crippen LogP contribution < -0.4 is 0 Å². The van der Waals surface area contributed by atoms with Crippen LogP contribution in [0.2, 0.25) is 0 Å². The van der Waals surface area contributed by atoms with Crippen molar-refractivity contribution in [2.24, 2.45) is 0 Å². The van der Waals surface area contributed by atoms with Gasteiger partial charge in [-0.3, -0.25) is 0 Å². The van der Waals surface area contributed by atoms with Gasteiger partial charge in [-0.1, -0.05) is 52.3 Å². The van der Waals surface area contributed by atoms with E-state index in [9.17, 15) is 13.7 Å². The first-order valence-corrected chi connectivity index (χ1v) is 12.5. The van der Waals surface area contributed by atoms with Crippen LogP contribution in [-0.4, -0.2) is 36.8 Å². The summed E-state index contributed by atoms with van der Waals surface area (Å²) in [6, 6.07) is 18.9. The lowest BCUT2D eigenvalue weighted by Gasteiger charge is -2.28. The predicted octanol–water partition coefficient (Wildman–Crippen LogP) is 5.11. The van der Waals surface area contributed by atoms with Gasteiger partial charge in [0, 0.05) is 34.6 Å². The van der Waals surface area contributed by atoms with Crippen molar-refractivity contribution in [2.45, 2.75) is 23.9 Å². The molecule has 30 heavy (non-hydrogen) atoms. The van der Waals surface area contributed by atoms with Crippen molar-refractivity contribution in [3.63, 3.8) is 0 Å². The van der Waals surface area contributed by atoms with Crippen LogP contribution in [0, 0.1) is 11.5 Å². The zero-order valence-corrected chi connectivity index (χ0v) is 20.0. The summed E-state index contributed by atoms with van der Waals surface area (Å²) in [5.74, 6) is 0. The monoisotopic (exact) mass is 547 g/mol. The molecule has 1 fully saturated rings. The molecule has 0 aromatic heterocycles. The fourth-order valence-corrected chi connectivity index (χ4v) is 6.90. The topological polar surface area (TPSA) is 64.4 Å². The summed E-state index contributed by atoms with van der Waals surface area (Å²) >= 11 is 6.78. The van der Waals surface area contributed by atoms with Gasteiger partial charge in [-0.05, 0) is 63.0 Å². The van der Waals surface area contributed by atoms with Gasteiger partial charge in [-0.25, -0.2) is 8.42 Å². The lowest BCUT2D eigenvalue weighted by molar-refractivity contribution is 0.314. The maximum Gasteiger partial charge on any atom is 0.244 e. The number of halogens is 2. The Balaban J connectivity index is 1.76. The number of rotatable bonds is 5. The summed E-state index contributed by atoms with van der Waals surface area (Å²) in [5.41, 5.74) is 0.916. The molecule has 1 unspecified atom stereocenters. The quantitative estimate of drug-likeness (QED) is 0.415. The van der Waals surface area contributed by atoms with Crippen molar-refractivity contribution < 1.29 is 8.42 Å². The highest BCUT2D eigenvalue weighted by Crippen LogP contribution is 2.32. The molecular formula is C22H19Br2N3O2S. The zero-order valence-electron chi connectivity index (χ0n) is 16.0. The van der Waals surface area contributed by atoms with E-state index in [4.69, 9.17) is 0 Å². The maximum absolute atomic E-state index is 13.7. The Bertz CT molecular complexity index is 1240. The normalized spacial score (nSPS) is 16.9. The van der Waals surface area contributed by atoms with Crippen LogP contribution in [0.15, 0.2) is 74.5 Å². The fraction of sp³-hybridized carbons (Fsp3) is 0.227. The molecule has 1 aliphatic rings. The van der Waals surface area contributed by atoms with E-state index in [1.54, 1.807) is 27.4 Å². The Labute approximate surface area is 193 Å². The average molecular weight is 549 g/mol. The van der Waals surface area contributed by atoms with E-state index in [-0.39, 0.29) is 17.5 Å². The van der Waals surface area contributed by atoms with Gasteiger partial charge in [0.2, 0.25) is 10.0 Å². The Morgan fingerprint density at radius 2 is 1.83 bits per heavy atom. The summed E-state index contributed by atoms with van der Waals surface area (Å²) in [5, 5.41) is 11.5. The Morgan fingerprint density at radius 3 is 2.57 bits per heavy atom. The average Bonchev–Trinajstić information content (AvgIpc) is 3.22. The van der Waals surface area contributed by atoms with Crippen molar-refractivity contribution in [3.8, 4) is 6.19 Å². The van der Waals surface area contributed by atoms with Gasteiger partial charge in [0.1, 0.15) is 0 Å². The van der Waals surface area contributed by atoms with Gasteiger partial charge in [0.05, 0.1) is 4.90 Å². The van der Waals surface area contributed by atoms with Crippen molar-refractivity contribution in [1.82, 2.24) is 9.21 Å². The van der Waals surface area contributed by atoms with Gasteiger partial charge >= 0.3 is 0 Å². The van der Waals surface area contributed by atoms with E-state index in [1.165, 1.54) is 0 Å². The molecule has 3 aromatic carbocycles. The molecule has 0 aliphatic carbocycles. The van der Waals surface area contributed by atoms with E-state index in [0.717, 1.165) is 16.3 Å². The second-order valence-electron chi connectivity index (χ2n) is 7.30. The molecule has 1 saturated heterocycles. The summed E-state index contributed by atoms with van der Waals surface area (Å²) in [6.45, 7) is 1.20. The zero-order chi connectivity index (χ0) is 21.3. The molecule has 0 N–H and O–H groups in total. The molecule has 1 heterocycles. The highest BCUT2D eigenvalue weighted by Gasteiger charge is 2.37. The minimum Gasteiger partial charge on any atom is -0.309 e. The highest BCUT2D eigenvalue weighted by atomic mass is 79.9.